The average molecular weight is 1400 g/mol. The summed E-state index contributed by atoms with van der Waals surface area (Å²) in [4.78, 5) is 83.3. The van der Waals surface area contributed by atoms with Crippen molar-refractivity contribution in [3.8, 4) is 44.9 Å². The SMILES string of the molecule is COCOc1cc(-c2ncc3c(N4C[C@H]5CC[C@@H](C4)N5C(=O)OC(C)(C)C)nc(OC[C@@H]4CCCN4CCCCOCC(=O)N[C@H](C(=O)N4C[C@H](O)C[C@H]4C(=O)N[C@@H](C)c4ccc(-c5scnc5C)cc4)C(C)(C)C)nc3c2F)c2c(C#C[Si](C(C)C)(C(C)C)C(C)C)c(F)ccc2c1. The zero-order valence-corrected chi connectivity index (χ0v) is 62.0. The molecule has 3 aromatic heterocycles. The number of aromatic nitrogens is 4. The lowest BCUT2D eigenvalue weighted by Crippen LogP contribution is -2.58. The average Bonchev–Trinajstić information content (AvgIpc) is 1.71. The Balaban J connectivity index is 0.825. The molecule has 99 heavy (non-hydrogen) atoms. The van der Waals surface area contributed by atoms with E-state index in [1.165, 1.54) is 18.1 Å². The number of pyridine rings is 1. The zero-order valence-electron chi connectivity index (χ0n) is 60.2. The highest BCUT2D eigenvalue weighted by Gasteiger charge is 2.47. The van der Waals surface area contributed by atoms with Gasteiger partial charge in [0.1, 0.15) is 67.6 Å². The van der Waals surface area contributed by atoms with Crippen LogP contribution in [-0.2, 0) is 28.6 Å². The van der Waals surface area contributed by atoms with E-state index in [-0.39, 0.29) is 121 Å². The summed E-state index contributed by atoms with van der Waals surface area (Å²) >= 11 is 1.57. The number of aryl methyl sites for hydroxylation is 1. The van der Waals surface area contributed by atoms with E-state index in [2.05, 4.69) is 78.4 Å². The smallest absolute Gasteiger partial charge is 0.410 e. The van der Waals surface area contributed by atoms with Crippen LogP contribution in [-0.4, -0.2) is 180 Å². The van der Waals surface area contributed by atoms with Gasteiger partial charge in [0.2, 0.25) is 17.7 Å². The number of carbonyl (C=O) groups excluding carboxylic acids is 4. The molecule has 534 valence electrons. The van der Waals surface area contributed by atoms with E-state index in [4.69, 9.17) is 38.6 Å². The minimum Gasteiger partial charge on any atom is -0.468 e. The number of piperazine rings is 1. The van der Waals surface area contributed by atoms with Gasteiger partial charge in [-0.05, 0) is 143 Å². The van der Waals surface area contributed by atoms with Crippen molar-refractivity contribution in [3.63, 3.8) is 0 Å². The lowest BCUT2D eigenvalue weighted by atomic mass is 9.85. The Hall–Kier alpha value is -7.40. The molecule has 0 spiro atoms. The van der Waals surface area contributed by atoms with Crippen molar-refractivity contribution in [1.29, 1.82) is 0 Å². The highest BCUT2D eigenvalue weighted by molar-refractivity contribution is 7.13. The number of nitrogens with zero attached hydrogens (tertiary/aromatic N) is 8. The van der Waals surface area contributed by atoms with Crippen LogP contribution in [0.4, 0.5) is 19.4 Å². The van der Waals surface area contributed by atoms with Gasteiger partial charge in [-0.3, -0.25) is 29.2 Å². The van der Waals surface area contributed by atoms with E-state index in [9.17, 15) is 24.3 Å². The van der Waals surface area contributed by atoms with Crippen molar-refractivity contribution >= 4 is 70.7 Å². The van der Waals surface area contributed by atoms with Crippen molar-refractivity contribution < 1.29 is 56.7 Å². The van der Waals surface area contributed by atoms with E-state index in [0.717, 1.165) is 60.3 Å². The lowest BCUT2D eigenvalue weighted by molar-refractivity contribution is -0.144. The van der Waals surface area contributed by atoms with E-state index in [0.29, 0.717) is 53.8 Å². The number of amides is 4. The third kappa shape index (κ3) is 16.7. The fraction of sp³-hybridized carbons (Fsp3) is 0.573. The van der Waals surface area contributed by atoms with Crippen LogP contribution in [0, 0.1) is 35.4 Å². The number of carbonyl (C=O) groups is 4. The second-order valence-electron chi connectivity index (χ2n) is 30.2. The predicted octanol–water partition coefficient (Wildman–Crippen LogP) is 12.7. The van der Waals surface area contributed by atoms with Crippen LogP contribution in [0.15, 0.2) is 60.2 Å². The number of unbranched alkanes of at least 4 members (excludes halogenated alkanes) is 1. The van der Waals surface area contributed by atoms with Gasteiger partial charge in [-0.2, -0.15) is 9.97 Å². The minimum atomic E-state index is -2.39. The molecule has 3 N–H and O–H groups in total. The summed E-state index contributed by atoms with van der Waals surface area (Å²) in [6, 6.07) is 11.6. The molecular formula is C75H100F2N10O10SSi. The van der Waals surface area contributed by atoms with Crippen molar-refractivity contribution in [3.05, 3.63) is 88.7 Å². The summed E-state index contributed by atoms with van der Waals surface area (Å²) in [6.45, 7) is 30.5. The topological polar surface area (TPSA) is 223 Å². The van der Waals surface area contributed by atoms with Crippen LogP contribution < -0.4 is 25.0 Å². The maximum absolute atomic E-state index is 18.3. The van der Waals surface area contributed by atoms with Crippen LogP contribution in [0.3, 0.4) is 0 Å². The Labute approximate surface area is 586 Å². The molecule has 0 aliphatic carbocycles. The maximum atomic E-state index is 18.3. The van der Waals surface area contributed by atoms with Crippen molar-refractivity contribution in [2.24, 2.45) is 5.41 Å². The third-order valence-corrected chi connectivity index (χ3v) is 27.4. The number of hydrogen-bond donors (Lipinski definition) is 3. The van der Waals surface area contributed by atoms with Gasteiger partial charge in [0.25, 0.3) is 0 Å². The Bertz CT molecular complexity index is 3930. The van der Waals surface area contributed by atoms with Gasteiger partial charge in [-0.15, -0.1) is 16.9 Å². The number of likely N-dealkylation sites (tertiary alicyclic amines) is 2. The molecule has 4 aliphatic heterocycles. The number of aliphatic hydroxyl groups excluding tert-OH is 1. The second kappa shape index (κ2) is 31.2. The molecule has 24 heteroatoms. The molecule has 6 aromatic rings. The van der Waals surface area contributed by atoms with E-state index < -0.39 is 60.7 Å². The number of ether oxygens (including phenoxy) is 5. The van der Waals surface area contributed by atoms with Gasteiger partial charge < -0.3 is 49.2 Å². The summed E-state index contributed by atoms with van der Waals surface area (Å²) < 4.78 is 64.6. The number of halogens is 2. The standard InChI is InChI=1S/C75H100F2N10O10SSi/c1-44(2)99(45(3)4,46(5)6)32-28-57-60(76)27-24-51-33-56(96-43-93-15)35-58(63(51)57)65-64(77)66-59(36-78-65)69(85-37-52-25-26-53(38-85)87(52)73(92)97-75(12,13)14)83-72(82-66)95-40-54-19-18-30-84(54)29-16-17-31-94-41-62(89)81-68(74(9,10)11)71(91)86-39-55(88)34-61(86)70(90)80-47(7)49-20-22-50(23-21-49)67-48(8)79-42-98-67/h20-24,27,33,35-36,42,44-47,52-55,61,68,88H,16-19,25-26,29-31,34,37-41,43H2,1-15H3,(H,80,90)(H,81,89)/t47-,52-,53+,54-,55+,61-,68+/m0/s1. The number of hydrogen-bond acceptors (Lipinski definition) is 17. The van der Waals surface area contributed by atoms with Crippen LogP contribution >= 0.6 is 11.3 Å². The van der Waals surface area contributed by atoms with Gasteiger partial charge in [0.15, 0.2) is 12.6 Å². The molecule has 2 bridgehead atoms. The number of β-amino-alcohol motifs (C(OH)–C–C–N with tert-alkyl or cyclic N) is 1. The molecule has 0 radical (unpaired) electrons. The molecule has 20 nitrogen and oxygen atoms in total. The van der Waals surface area contributed by atoms with Crippen LogP contribution in [0.5, 0.6) is 11.8 Å². The number of nitrogens with one attached hydrogen (secondary N) is 2. The number of anilines is 1. The molecule has 4 saturated heterocycles. The molecule has 0 unspecified atom stereocenters. The largest absolute Gasteiger partial charge is 0.468 e. The van der Waals surface area contributed by atoms with Crippen LogP contribution in [0.1, 0.15) is 158 Å². The first-order valence-corrected chi connectivity index (χ1v) is 38.2. The Kier molecular flexibility index (Phi) is 23.4. The van der Waals surface area contributed by atoms with Crippen molar-refractivity contribution in [2.45, 2.75) is 206 Å². The fourth-order valence-electron chi connectivity index (χ4n) is 15.2. The van der Waals surface area contributed by atoms with Gasteiger partial charge >= 0.3 is 12.1 Å². The molecular weight excluding hydrogens is 1300 g/mol. The number of fused-ring (bicyclic) bond motifs is 4. The minimum absolute atomic E-state index is 0.0284. The van der Waals surface area contributed by atoms with Gasteiger partial charge in [-0.25, -0.2) is 18.6 Å². The second-order valence-corrected chi connectivity index (χ2v) is 36.6. The molecule has 0 saturated carbocycles. The number of aliphatic hydroxyl groups is 1. The van der Waals surface area contributed by atoms with Crippen LogP contribution in [0.25, 0.3) is 43.4 Å². The lowest BCUT2D eigenvalue weighted by Gasteiger charge is -2.42. The zero-order chi connectivity index (χ0) is 71.4. The third-order valence-electron chi connectivity index (χ3n) is 20.1. The molecule has 4 fully saturated rings. The Morgan fingerprint density at radius 3 is 2.21 bits per heavy atom. The summed E-state index contributed by atoms with van der Waals surface area (Å²) in [5.74, 6) is 1.50. The number of methoxy groups -OCH3 is 1. The summed E-state index contributed by atoms with van der Waals surface area (Å²) in [6.07, 6.45) is 4.97. The quantitative estimate of drug-likeness (QED) is 0.0222. The number of thiazole rings is 1. The Morgan fingerprint density at radius 2 is 1.57 bits per heavy atom. The Morgan fingerprint density at radius 1 is 0.859 bits per heavy atom. The van der Waals surface area contributed by atoms with E-state index in [1.807, 2.05) is 90.1 Å². The molecule has 3 aromatic carbocycles. The summed E-state index contributed by atoms with van der Waals surface area (Å²) in [5, 5.41) is 18.1. The first-order valence-electron chi connectivity index (χ1n) is 35.0. The number of rotatable bonds is 24. The predicted molar refractivity (Wildman–Crippen MR) is 384 cm³/mol. The molecule has 7 heterocycles. The van der Waals surface area contributed by atoms with E-state index >= 15 is 8.78 Å². The highest BCUT2D eigenvalue weighted by atomic mass is 32.1. The maximum Gasteiger partial charge on any atom is 0.410 e. The molecule has 10 rings (SSSR count). The highest BCUT2D eigenvalue weighted by Crippen LogP contribution is 2.44. The van der Waals surface area contributed by atoms with Crippen molar-refractivity contribution in [1.82, 2.24) is 45.3 Å². The van der Waals surface area contributed by atoms with Gasteiger partial charge in [0.05, 0.1) is 51.3 Å². The first-order chi connectivity index (χ1) is 47.0. The normalized spacial score (nSPS) is 19.7. The first kappa shape index (κ1) is 74.3. The van der Waals surface area contributed by atoms with Gasteiger partial charge in [-0.1, -0.05) is 98.6 Å². The van der Waals surface area contributed by atoms with Crippen molar-refractivity contribution in [2.75, 3.05) is 71.3 Å². The fourth-order valence-corrected chi connectivity index (χ4v) is 21.2. The molecule has 7 atom stereocenters. The summed E-state index contributed by atoms with van der Waals surface area (Å²) in [7, 11) is -0.879. The van der Waals surface area contributed by atoms with Crippen LogP contribution in [0.2, 0.25) is 16.6 Å². The molecule has 4 amide bonds. The summed E-state index contributed by atoms with van der Waals surface area (Å²) in [5.41, 5.74) is 8.02. The van der Waals surface area contributed by atoms with Gasteiger partial charge in [0, 0.05) is 63.0 Å². The molecule has 4 aliphatic rings. The van der Waals surface area contributed by atoms with E-state index in [1.54, 1.807) is 35.7 Å². The number of benzene rings is 3. The monoisotopic (exact) mass is 1400 g/mol.